The minimum Gasteiger partial charge on any atom is -0.458 e. The van der Waals surface area contributed by atoms with Gasteiger partial charge >= 0.3 is 5.97 Å². The standard InChI is InChI=1S/C34H56O7/c1-5-6-7-12-27(39-32-13-8-10-18-37-32)15-16-28-29-22-25(17-20-36-24-31(35)41-34(2,3)4)21-26(29)23-30(28)40-33-14-9-11-19-38-33/h15-16,21,26-30,32-33H,5-14,17-20,22-24H2,1-4H3/b16-15+/t26-,27-,28+,29-,30+,32?,33?/m0/s1. The fourth-order valence-electron chi connectivity index (χ4n) is 6.73. The van der Waals surface area contributed by atoms with Crippen molar-refractivity contribution in [1.82, 2.24) is 0 Å². The molecule has 7 heteroatoms. The summed E-state index contributed by atoms with van der Waals surface area (Å²) in [6.07, 6.45) is 21.4. The molecule has 7 nitrogen and oxygen atoms in total. The number of carbonyl (C=O) groups is 1. The molecule has 2 saturated heterocycles. The second-order valence-corrected chi connectivity index (χ2v) is 13.4. The second-order valence-electron chi connectivity index (χ2n) is 13.4. The van der Waals surface area contributed by atoms with Crippen molar-refractivity contribution in [1.29, 1.82) is 0 Å². The van der Waals surface area contributed by atoms with Crippen LogP contribution in [-0.4, -0.2) is 62.8 Å². The number of unbranched alkanes of at least 4 members (excludes halogenated alkanes) is 2. The van der Waals surface area contributed by atoms with Crippen molar-refractivity contribution >= 4 is 5.97 Å². The molecule has 4 rings (SSSR count). The lowest BCUT2D eigenvalue weighted by Crippen LogP contribution is -2.31. The summed E-state index contributed by atoms with van der Waals surface area (Å²) in [5, 5.41) is 0. The molecule has 2 aliphatic carbocycles. The van der Waals surface area contributed by atoms with E-state index in [1.165, 1.54) is 37.7 Å². The van der Waals surface area contributed by atoms with Crippen LogP contribution in [0.2, 0.25) is 0 Å². The van der Waals surface area contributed by atoms with Gasteiger partial charge in [-0.25, -0.2) is 4.79 Å². The third-order valence-electron chi connectivity index (χ3n) is 8.70. The summed E-state index contributed by atoms with van der Waals surface area (Å²) in [4.78, 5) is 12.0. The lowest BCUT2D eigenvalue weighted by atomic mass is 9.88. The monoisotopic (exact) mass is 576 g/mol. The Balaban J connectivity index is 1.36. The molecule has 0 N–H and O–H groups in total. The molecular weight excluding hydrogens is 520 g/mol. The van der Waals surface area contributed by atoms with E-state index in [1.807, 2.05) is 20.8 Å². The molecule has 0 amide bonds. The van der Waals surface area contributed by atoms with Crippen molar-refractivity contribution in [2.45, 2.75) is 142 Å². The van der Waals surface area contributed by atoms with Gasteiger partial charge in [-0.3, -0.25) is 0 Å². The van der Waals surface area contributed by atoms with Crippen molar-refractivity contribution in [3.8, 4) is 0 Å². The van der Waals surface area contributed by atoms with Crippen LogP contribution in [0.4, 0.5) is 0 Å². The molecule has 0 aromatic carbocycles. The molecule has 4 aliphatic rings. The van der Waals surface area contributed by atoms with E-state index in [0.717, 1.165) is 64.6 Å². The van der Waals surface area contributed by atoms with Crippen LogP contribution in [0.1, 0.15) is 111 Å². The number of carbonyl (C=O) groups excluding carboxylic acids is 1. The first-order chi connectivity index (χ1) is 19.8. The first-order valence-electron chi connectivity index (χ1n) is 16.5. The molecule has 2 unspecified atom stereocenters. The van der Waals surface area contributed by atoms with E-state index < -0.39 is 5.60 Å². The van der Waals surface area contributed by atoms with Gasteiger partial charge in [-0.2, -0.15) is 0 Å². The maximum atomic E-state index is 12.0. The third kappa shape index (κ3) is 11.1. The Morgan fingerprint density at radius 3 is 2.51 bits per heavy atom. The smallest absolute Gasteiger partial charge is 0.332 e. The van der Waals surface area contributed by atoms with Crippen molar-refractivity contribution in [2.75, 3.05) is 26.4 Å². The molecule has 0 aromatic rings. The highest BCUT2D eigenvalue weighted by Crippen LogP contribution is 2.49. The zero-order chi connectivity index (χ0) is 29.1. The third-order valence-corrected chi connectivity index (χ3v) is 8.70. The highest BCUT2D eigenvalue weighted by atomic mass is 16.7. The van der Waals surface area contributed by atoms with E-state index in [4.69, 9.17) is 28.4 Å². The van der Waals surface area contributed by atoms with E-state index >= 15 is 0 Å². The number of esters is 1. The van der Waals surface area contributed by atoms with Crippen molar-refractivity contribution in [3.05, 3.63) is 23.8 Å². The predicted octanol–water partition coefficient (Wildman–Crippen LogP) is 7.28. The number of hydrogen-bond acceptors (Lipinski definition) is 7. The molecule has 0 spiro atoms. The number of fused-ring (bicyclic) bond motifs is 1. The van der Waals surface area contributed by atoms with Gasteiger partial charge in [0.25, 0.3) is 0 Å². The van der Waals surface area contributed by atoms with E-state index in [9.17, 15) is 4.79 Å². The summed E-state index contributed by atoms with van der Waals surface area (Å²) in [6, 6.07) is 0. The van der Waals surface area contributed by atoms with Crippen molar-refractivity contribution in [3.63, 3.8) is 0 Å². The fourth-order valence-corrected chi connectivity index (χ4v) is 6.73. The Labute approximate surface area is 248 Å². The fraction of sp³-hybridized carbons (Fsp3) is 0.853. The van der Waals surface area contributed by atoms with Gasteiger partial charge in [-0.05, 0) is 96.8 Å². The summed E-state index contributed by atoms with van der Waals surface area (Å²) in [5.41, 5.74) is 0.945. The molecule has 234 valence electrons. The van der Waals surface area contributed by atoms with Gasteiger partial charge in [0.05, 0.1) is 18.8 Å². The Morgan fingerprint density at radius 1 is 1.07 bits per heavy atom. The van der Waals surface area contributed by atoms with Crippen LogP contribution in [0.3, 0.4) is 0 Å². The normalized spacial score (nSPS) is 31.3. The van der Waals surface area contributed by atoms with Gasteiger partial charge in [0, 0.05) is 19.1 Å². The molecule has 2 aliphatic heterocycles. The largest absolute Gasteiger partial charge is 0.458 e. The van der Waals surface area contributed by atoms with Crippen LogP contribution < -0.4 is 0 Å². The van der Waals surface area contributed by atoms with Gasteiger partial charge in [0.1, 0.15) is 12.2 Å². The molecule has 2 heterocycles. The van der Waals surface area contributed by atoms with Crippen LogP contribution in [0, 0.1) is 17.8 Å². The molecule has 0 radical (unpaired) electrons. The summed E-state index contributed by atoms with van der Waals surface area (Å²) in [5.74, 6) is 1.04. The first-order valence-corrected chi connectivity index (χ1v) is 16.5. The van der Waals surface area contributed by atoms with Crippen LogP contribution >= 0.6 is 0 Å². The van der Waals surface area contributed by atoms with Crippen LogP contribution in [0.25, 0.3) is 0 Å². The summed E-state index contributed by atoms with van der Waals surface area (Å²) in [7, 11) is 0. The highest BCUT2D eigenvalue weighted by molar-refractivity contribution is 5.71. The molecule has 3 fully saturated rings. The SMILES string of the molecule is CCCCC[C@@H](/C=C/[C@@H]1[C@H]2CC(CCOCC(=O)OC(C)(C)C)=C[C@H]2C[C@H]1OC1CCCCO1)OC1CCCCO1. The summed E-state index contributed by atoms with van der Waals surface area (Å²) < 4.78 is 36.1. The van der Waals surface area contributed by atoms with E-state index in [0.29, 0.717) is 24.4 Å². The van der Waals surface area contributed by atoms with E-state index in [1.54, 1.807) is 0 Å². The first kappa shape index (κ1) is 32.7. The zero-order valence-electron chi connectivity index (χ0n) is 26.2. The summed E-state index contributed by atoms with van der Waals surface area (Å²) in [6.45, 7) is 10.0. The summed E-state index contributed by atoms with van der Waals surface area (Å²) >= 11 is 0. The molecule has 0 bridgehead atoms. The van der Waals surface area contributed by atoms with E-state index in [2.05, 4.69) is 25.2 Å². The second kappa shape index (κ2) is 16.6. The average molecular weight is 577 g/mol. The van der Waals surface area contributed by atoms with Crippen LogP contribution in [-0.2, 0) is 33.2 Å². The Kier molecular flexibility index (Phi) is 13.2. The van der Waals surface area contributed by atoms with Crippen molar-refractivity contribution in [2.24, 2.45) is 17.8 Å². The maximum absolute atomic E-state index is 12.0. The Hall–Kier alpha value is -1.25. The predicted molar refractivity (Wildman–Crippen MR) is 159 cm³/mol. The van der Waals surface area contributed by atoms with Crippen LogP contribution in [0.15, 0.2) is 23.8 Å². The lowest BCUT2D eigenvalue weighted by molar-refractivity contribution is -0.193. The molecular formula is C34H56O7. The maximum Gasteiger partial charge on any atom is 0.332 e. The minimum absolute atomic E-state index is 0.00417. The molecule has 7 atom stereocenters. The topological polar surface area (TPSA) is 72.5 Å². The number of hydrogen-bond donors (Lipinski definition) is 0. The molecule has 0 aromatic heterocycles. The van der Waals surface area contributed by atoms with Gasteiger partial charge in [-0.15, -0.1) is 0 Å². The minimum atomic E-state index is -0.487. The lowest BCUT2D eigenvalue weighted by Gasteiger charge is -2.30. The number of ether oxygens (including phenoxy) is 6. The molecule has 41 heavy (non-hydrogen) atoms. The van der Waals surface area contributed by atoms with Gasteiger partial charge in [0.2, 0.25) is 0 Å². The number of allylic oxidation sites excluding steroid dienone is 1. The van der Waals surface area contributed by atoms with Crippen molar-refractivity contribution < 1.29 is 33.2 Å². The Bertz CT molecular complexity index is 835. The zero-order valence-corrected chi connectivity index (χ0v) is 26.2. The molecule has 1 saturated carbocycles. The van der Waals surface area contributed by atoms with Gasteiger partial charge in [-0.1, -0.05) is 50.0 Å². The Morgan fingerprint density at radius 2 is 1.83 bits per heavy atom. The van der Waals surface area contributed by atoms with Gasteiger partial charge < -0.3 is 28.4 Å². The number of rotatable bonds is 15. The average Bonchev–Trinajstić information content (AvgIpc) is 3.47. The quantitative estimate of drug-likeness (QED) is 0.115. The van der Waals surface area contributed by atoms with Gasteiger partial charge in [0.15, 0.2) is 12.6 Å². The van der Waals surface area contributed by atoms with E-state index in [-0.39, 0.29) is 37.4 Å². The van der Waals surface area contributed by atoms with Crippen LogP contribution in [0.5, 0.6) is 0 Å². The highest BCUT2D eigenvalue weighted by Gasteiger charge is 2.45.